The second kappa shape index (κ2) is 6.00. The Morgan fingerprint density at radius 2 is 1.89 bits per heavy atom. The average Bonchev–Trinajstić information content (AvgIpc) is 2.32. The first kappa shape index (κ1) is 14.7. The quantitative estimate of drug-likeness (QED) is 0.893. The maximum atomic E-state index is 11.8. The first-order valence-corrected chi connectivity index (χ1v) is 6.90. The van der Waals surface area contributed by atoms with E-state index in [9.17, 15) is 9.00 Å². The molecular formula is C13H19NO3S. The summed E-state index contributed by atoms with van der Waals surface area (Å²) in [7, 11) is 0. The van der Waals surface area contributed by atoms with E-state index in [0.29, 0.717) is 12.2 Å². The van der Waals surface area contributed by atoms with E-state index in [1.54, 1.807) is 26.0 Å². The minimum atomic E-state index is -1.86. The molecular weight excluding hydrogens is 250 g/mol. The topological polar surface area (TPSA) is 55.4 Å². The van der Waals surface area contributed by atoms with E-state index < -0.39 is 16.7 Å². The van der Waals surface area contributed by atoms with Gasteiger partial charge in [0.15, 0.2) is 0 Å². The number of carbonyl (C=O) groups excluding carboxylic acids is 1. The molecule has 1 amide bonds. The normalized spacial score (nSPS) is 12.9. The van der Waals surface area contributed by atoms with Gasteiger partial charge in [0.25, 0.3) is 0 Å². The predicted octanol–water partition coefficient (Wildman–Crippen LogP) is 2.50. The fourth-order valence-corrected chi connectivity index (χ4v) is 1.83. The third kappa shape index (κ3) is 4.14. The van der Waals surface area contributed by atoms with Crippen molar-refractivity contribution in [1.29, 1.82) is 0 Å². The number of hydrogen-bond acceptors (Lipinski definition) is 3. The second-order valence-electron chi connectivity index (χ2n) is 4.80. The van der Waals surface area contributed by atoms with Crippen molar-refractivity contribution < 1.29 is 13.2 Å². The zero-order valence-corrected chi connectivity index (χ0v) is 12.0. The van der Waals surface area contributed by atoms with Crippen LogP contribution in [0.15, 0.2) is 24.3 Å². The van der Waals surface area contributed by atoms with Crippen LogP contribution in [0.5, 0.6) is 5.75 Å². The Bertz CT molecular complexity index is 440. The van der Waals surface area contributed by atoms with Gasteiger partial charge in [0.05, 0.1) is 0 Å². The van der Waals surface area contributed by atoms with Crippen molar-refractivity contribution in [2.75, 3.05) is 0 Å². The lowest BCUT2D eigenvalue weighted by Crippen LogP contribution is -2.38. The molecule has 18 heavy (non-hydrogen) atoms. The van der Waals surface area contributed by atoms with Gasteiger partial charge in [0.1, 0.15) is 5.75 Å². The predicted molar refractivity (Wildman–Crippen MR) is 72.2 cm³/mol. The van der Waals surface area contributed by atoms with Gasteiger partial charge in [-0.05, 0) is 25.5 Å². The van der Waals surface area contributed by atoms with Gasteiger partial charge in [0, 0.05) is 5.41 Å². The van der Waals surface area contributed by atoms with Crippen LogP contribution in [0.1, 0.15) is 32.8 Å². The van der Waals surface area contributed by atoms with Gasteiger partial charge < -0.3 is 4.18 Å². The van der Waals surface area contributed by atoms with E-state index in [4.69, 9.17) is 4.18 Å². The van der Waals surface area contributed by atoms with E-state index in [-0.39, 0.29) is 5.91 Å². The van der Waals surface area contributed by atoms with Crippen molar-refractivity contribution in [3.63, 3.8) is 0 Å². The van der Waals surface area contributed by atoms with Crippen molar-refractivity contribution in [2.45, 2.75) is 34.1 Å². The Morgan fingerprint density at radius 1 is 1.33 bits per heavy atom. The van der Waals surface area contributed by atoms with Gasteiger partial charge in [-0.15, -0.1) is 0 Å². The fraction of sp³-hybridized carbons (Fsp3) is 0.462. The largest absolute Gasteiger partial charge is 0.385 e. The zero-order chi connectivity index (χ0) is 13.8. The molecule has 0 saturated carbocycles. The van der Waals surface area contributed by atoms with Gasteiger partial charge in [-0.1, -0.05) is 38.5 Å². The molecule has 0 fully saturated rings. The third-order valence-electron chi connectivity index (χ3n) is 2.87. The Hall–Kier alpha value is -1.36. The van der Waals surface area contributed by atoms with Gasteiger partial charge >= 0.3 is 11.3 Å². The summed E-state index contributed by atoms with van der Waals surface area (Å²) in [6.07, 6.45) is 0.667. The molecule has 0 aliphatic carbocycles. The molecule has 0 aliphatic heterocycles. The van der Waals surface area contributed by atoms with Crippen LogP contribution in [0, 0.1) is 12.3 Å². The van der Waals surface area contributed by atoms with Crippen LogP contribution in [-0.4, -0.2) is 10.1 Å². The SMILES string of the molecule is CCC(C)(C)C(=O)NS(=O)Oc1ccc(C)cc1. The van der Waals surface area contributed by atoms with Gasteiger partial charge in [-0.25, -0.2) is 4.72 Å². The molecule has 0 aromatic heterocycles. The number of amides is 1. The molecule has 1 rings (SSSR count). The maximum absolute atomic E-state index is 11.8. The van der Waals surface area contributed by atoms with E-state index in [2.05, 4.69) is 4.72 Å². The van der Waals surface area contributed by atoms with Crippen molar-refractivity contribution >= 4 is 17.2 Å². The summed E-state index contributed by atoms with van der Waals surface area (Å²) in [5.74, 6) is 0.184. The van der Waals surface area contributed by atoms with Crippen LogP contribution >= 0.6 is 0 Å². The number of nitrogens with one attached hydrogen (secondary N) is 1. The van der Waals surface area contributed by atoms with Gasteiger partial charge in [-0.2, -0.15) is 4.21 Å². The van der Waals surface area contributed by atoms with Crippen LogP contribution in [0.4, 0.5) is 0 Å². The summed E-state index contributed by atoms with van der Waals surface area (Å²) in [5.41, 5.74) is 0.538. The van der Waals surface area contributed by atoms with E-state index in [1.807, 2.05) is 26.0 Å². The minimum Gasteiger partial charge on any atom is -0.385 e. The first-order valence-electron chi connectivity index (χ1n) is 5.83. The molecule has 1 atom stereocenters. The summed E-state index contributed by atoms with van der Waals surface area (Å²) in [6, 6.07) is 7.13. The molecule has 0 heterocycles. The summed E-state index contributed by atoms with van der Waals surface area (Å²) < 4.78 is 19.1. The summed E-state index contributed by atoms with van der Waals surface area (Å²) >= 11 is -1.86. The Labute approximate surface area is 111 Å². The second-order valence-corrected chi connectivity index (χ2v) is 5.64. The van der Waals surface area contributed by atoms with Crippen molar-refractivity contribution in [3.05, 3.63) is 29.8 Å². The van der Waals surface area contributed by atoms with Crippen LogP contribution in [0.3, 0.4) is 0 Å². The summed E-state index contributed by atoms with van der Waals surface area (Å²) in [6.45, 7) is 7.45. The third-order valence-corrected chi connectivity index (χ3v) is 3.56. The Balaban J connectivity index is 2.57. The smallest absolute Gasteiger partial charge is 0.318 e. The molecule has 0 saturated heterocycles. The molecule has 0 spiro atoms. The highest BCUT2D eigenvalue weighted by Gasteiger charge is 2.27. The molecule has 0 aliphatic rings. The number of aryl methyl sites for hydroxylation is 1. The highest BCUT2D eigenvalue weighted by molar-refractivity contribution is 7.79. The summed E-state index contributed by atoms with van der Waals surface area (Å²) in [5, 5.41) is 0. The Kier molecular flexibility index (Phi) is 4.90. The lowest BCUT2D eigenvalue weighted by molar-refractivity contribution is -0.127. The molecule has 1 aromatic rings. The molecule has 1 aromatic carbocycles. The van der Waals surface area contributed by atoms with Gasteiger partial charge in [0.2, 0.25) is 5.91 Å². The number of benzene rings is 1. The molecule has 4 nitrogen and oxygen atoms in total. The number of carbonyl (C=O) groups is 1. The zero-order valence-electron chi connectivity index (χ0n) is 11.1. The lowest BCUT2D eigenvalue weighted by Gasteiger charge is -2.20. The van der Waals surface area contributed by atoms with Crippen LogP contribution in [0.25, 0.3) is 0 Å². The van der Waals surface area contributed by atoms with Gasteiger partial charge in [-0.3, -0.25) is 4.79 Å². The molecule has 5 heteroatoms. The van der Waals surface area contributed by atoms with Crippen LogP contribution < -0.4 is 8.91 Å². The molecule has 1 N–H and O–H groups in total. The van der Waals surface area contributed by atoms with Crippen LogP contribution in [0.2, 0.25) is 0 Å². The Morgan fingerprint density at radius 3 is 2.39 bits per heavy atom. The molecule has 0 radical (unpaired) electrons. The highest BCUT2D eigenvalue weighted by atomic mass is 32.2. The average molecular weight is 269 g/mol. The van der Waals surface area contributed by atoms with Crippen LogP contribution in [-0.2, 0) is 16.1 Å². The molecule has 0 bridgehead atoms. The number of hydrogen-bond donors (Lipinski definition) is 1. The monoisotopic (exact) mass is 269 g/mol. The minimum absolute atomic E-state index is 0.282. The standard InChI is InChI=1S/C13H19NO3S/c1-5-13(3,4)12(15)14-18(16)17-11-8-6-10(2)7-9-11/h6-9H,5H2,1-4H3,(H,14,15). The summed E-state index contributed by atoms with van der Waals surface area (Å²) in [4.78, 5) is 11.8. The van der Waals surface area contributed by atoms with Crippen molar-refractivity contribution in [2.24, 2.45) is 5.41 Å². The van der Waals surface area contributed by atoms with Crippen molar-refractivity contribution in [3.8, 4) is 5.75 Å². The fourth-order valence-electron chi connectivity index (χ4n) is 1.08. The van der Waals surface area contributed by atoms with Crippen molar-refractivity contribution in [1.82, 2.24) is 4.72 Å². The first-order chi connectivity index (χ1) is 8.35. The van der Waals surface area contributed by atoms with E-state index in [1.165, 1.54) is 0 Å². The number of rotatable bonds is 5. The highest BCUT2D eigenvalue weighted by Crippen LogP contribution is 2.20. The van der Waals surface area contributed by atoms with E-state index in [0.717, 1.165) is 5.56 Å². The van der Waals surface area contributed by atoms with E-state index >= 15 is 0 Å². The molecule has 100 valence electrons. The maximum Gasteiger partial charge on any atom is 0.318 e. The molecule has 1 unspecified atom stereocenters. The lowest BCUT2D eigenvalue weighted by atomic mass is 9.90.